The smallest absolute Gasteiger partial charge is 0.319 e. The second-order valence-corrected chi connectivity index (χ2v) is 3.11. The Hall–Kier alpha value is -1.10. The van der Waals surface area contributed by atoms with Gasteiger partial charge in [-0.2, -0.15) is 0 Å². The summed E-state index contributed by atoms with van der Waals surface area (Å²) in [4.78, 5) is 15.0. The molecule has 2 amide bonds. The van der Waals surface area contributed by atoms with Crippen LogP contribution in [-0.4, -0.2) is 17.6 Å². The first-order valence-electron chi connectivity index (χ1n) is 3.69. The largest absolute Gasteiger partial charge is 0.338 e. The molecule has 1 aromatic heterocycles. The van der Waals surface area contributed by atoms with E-state index in [0.29, 0.717) is 6.54 Å². The van der Waals surface area contributed by atoms with Gasteiger partial charge in [-0.15, -0.1) is 11.3 Å². The highest BCUT2D eigenvalue weighted by molar-refractivity contribution is 7.14. The van der Waals surface area contributed by atoms with Crippen LogP contribution < -0.4 is 10.6 Å². The lowest BCUT2D eigenvalue weighted by molar-refractivity contribution is 0.252. The van der Waals surface area contributed by atoms with Crippen LogP contribution in [0, 0.1) is 6.92 Å². The van der Waals surface area contributed by atoms with E-state index in [1.807, 2.05) is 13.8 Å². The number of amides is 2. The maximum atomic E-state index is 11.0. The third-order valence-electron chi connectivity index (χ3n) is 1.31. The van der Waals surface area contributed by atoms with Crippen LogP contribution in [-0.2, 0) is 0 Å². The van der Waals surface area contributed by atoms with Gasteiger partial charge in [-0.05, 0) is 13.8 Å². The number of rotatable bonds is 2. The maximum Gasteiger partial charge on any atom is 0.319 e. The summed E-state index contributed by atoms with van der Waals surface area (Å²) in [5.41, 5.74) is 2.56. The van der Waals surface area contributed by atoms with Crippen LogP contribution in [0.3, 0.4) is 0 Å². The van der Waals surface area contributed by atoms with Crippen molar-refractivity contribution >= 4 is 22.4 Å². The van der Waals surface area contributed by atoms with Crippen molar-refractivity contribution in [3.05, 3.63) is 11.2 Å². The molecule has 12 heavy (non-hydrogen) atoms. The molecule has 1 aromatic rings. The first kappa shape index (κ1) is 8.99. The highest BCUT2D eigenvalue weighted by Gasteiger charge is 2.03. The third-order valence-corrected chi connectivity index (χ3v) is 2.15. The average molecular weight is 185 g/mol. The zero-order chi connectivity index (χ0) is 8.97. The number of carbonyl (C=O) groups is 1. The summed E-state index contributed by atoms with van der Waals surface area (Å²) in [7, 11) is 0. The summed E-state index contributed by atoms with van der Waals surface area (Å²) in [5, 5.41) is 6.14. The number of carbonyl (C=O) groups excluding carboxylic acids is 1. The summed E-state index contributed by atoms with van der Waals surface area (Å²) in [6.45, 7) is 4.36. The Morgan fingerprint density at radius 3 is 3.00 bits per heavy atom. The molecule has 0 bridgehead atoms. The van der Waals surface area contributed by atoms with Crippen LogP contribution in [0.4, 0.5) is 9.80 Å². The van der Waals surface area contributed by atoms with Gasteiger partial charge in [-0.25, -0.2) is 9.78 Å². The number of aryl methyl sites for hydroxylation is 1. The highest BCUT2D eigenvalue weighted by Crippen LogP contribution is 2.18. The lowest BCUT2D eigenvalue weighted by atomic mass is 10.5. The zero-order valence-electron chi connectivity index (χ0n) is 7.05. The van der Waals surface area contributed by atoms with E-state index in [4.69, 9.17) is 0 Å². The maximum absolute atomic E-state index is 11.0. The van der Waals surface area contributed by atoms with Crippen LogP contribution in [0.2, 0.25) is 0 Å². The molecule has 0 fully saturated rings. The minimum Gasteiger partial charge on any atom is -0.338 e. The number of urea groups is 1. The fraction of sp³-hybridized carbons (Fsp3) is 0.429. The molecule has 4 nitrogen and oxygen atoms in total. The van der Waals surface area contributed by atoms with E-state index in [2.05, 4.69) is 15.6 Å². The lowest BCUT2D eigenvalue weighted by Crippen LogP contribution is -2.28. The van der Waals surface area contributed by atoms with Crippen LogP contribution in [0.15, 0.2) is 5.51 Å². The minimum absolute atomic E-state index is 0.176. The molecular weight excluding hydrogens is 174 g/mol. The molecular formula is C7H11N3OS. The minimum atomic E-state index is -0.176. The molecule has 0 atom stereocenters. The predicted octanol–water partition coefficient (Wildman–Crippen LogP) is 1.59. The van der Waals surface area contributed by atoms with Gasteiger partial charge in [0.05, 0.1) is 11.2 Å². The van der Waals surface area contributed by atoms with Crippen molar-refractivity contribution in [2.24, 2.45) is 0 Å². The van der Waals surface area contributed by atoms with E-state index in [-0.39, 0.29) is 6.03 Å². The van der Waals surface area contributed by atoms with Crippen LogP contribution in [0.25, 0.3) is 0 Å². The third kappa shape index (κ3) is 2.20. The van der Waals surface area contributed by atoms with Gasteiger partial charge in [0.15, 0.2) is 0 Å². The molecule has 0 spiro atoms. The average Bonchev–Trinajstić information content (AvgIpc) is 2.37. The summed E-state index contributed by atoms with van der Waals surface area (Å²) < 4.78 is 0. The second-order valence-electron chi connectivity index (χ2n) is 2.25. The van der Waals surface area contributed by atoms with Crippen molar-refractivity contribution < 1.29 is 4.79 Å². The van der Waals surface area contributed by atoms with E-state index >= 15 is 0 Å². The van der Waals surface area contributed by atoms with Crippen molar-refractivity contribution in [1.29, 1.82) is 0 Å². The van der Waals surface area contributed by atoms with Crippen LogP contribution in [0.5, 0.6) is 0 Å². The molecule has 0 aromatic carbocycles. The molecule has 1 heterocycles. The predicted molar refractivity (Wildman–Crippen MR) is 49.5 cm³/mol. The van der Waals surface area contributed by atoms with Crippen molar-refractivity contribution in [3.63, 3.8) is 0 Å². The van der Waals surface area contributed by atoms with Gasteiger partial charge >= 0.3 is 6.03 Å². The number of thiazole rings is 1. The Labute approximate surface area is 75.0 Å². The van der Waals surface area contributed by atoms with E-state index in [0.717, 1.165) is 10.7 Å². The standard InChI is InChI=1S/C7H11N3OS/c1-3-8-7(11)10-6-5(2)9-4-12-6/h4H,3H2,1-2H3,(H2,8,10,11). The lowest BCUT2D eigenvalue weighted by Gasteiger charge is -2.02. The van der Waals surface area contributed by atoms with Crippen LogP contribution in [0.1, 0.15) is 12.6 Å². The van der Waals surface area contributed by atoms with Crippen molar-refractivity contribution in [2.45, 2.75) is 13.8 Å². The van der Waals surface area contributed by atoms with Gasteiger partial charge in [0.25, 0.3) is 0 Å². The van der Waals surface area contributed by atoms with Crippen molar-refractivity contribution in [3.8, 4) is 0 Å². The molecule has 0 aliphatic rings. The van der Waals surface area contributed by atoms with Gasteiger partial charge in [0.1, 0.15) is 5.00 Å². The number of anilines is 1. The Balaban J connectivity index is 2.52. The van der Waals surface area contributed by atoms with Crippen LogP contribution >= 0.6 is 11.3 Å². The Bertz CT molecular complexity index is 271. The van der Waals surface area contributed by atoms with Gasteiger partial charge < -0.3 is 5.32 Å². The normalized spacial score (nSPS) is 9.50. The Morgan fingerprint density at radius 2 is 2.50 bits per heavy atom. The number of hydrogen-bond acceptors (Lipinski definition) is 3. The van der Waals surface area contributed by atoms with Gasteiger partial charge in [0, 0.05) is 6.54 Å². The molecule has 2 N–H and O–H groups in total. The quantitative estimate of drug-likeness (QED) is 0.735. The summed E-state index contributed by atoms with van der Waals surface area (Å²) in [5.74, 6) is 0. The Morgan fingerprint density at radius 1 is 1.75 bits per heavy atom. The summed E-state index contributed by atoms with van der Waals surface area (Å²) >= 11 is 1.42. The molecule has 0 unspecified atom stereocenters. The number of nitrogens with zero attached hydrogens (tertiary/aromatic N) is 1. The first-order chi connectivity index (χ1) is 5.74. The first-order valence-corrected chi connectivity index (χ1v) is 4.57. The number of aromatic nitrogens is 1. The summed E-state index contributed by atoms with van der Waals surface area (Å²) in [6.07, 6.45) is 0. The van der Waals surface area contributed by atoms with E-state index in [1.165, 1.54) is 11.3 Å². The van der Waals surface area contributed by atoms with E-state index in [1.54, 1.807) is 5.51 Å². The van der Waals surface area contributed by atoms with Gasteiger partial charge in [0.2, 0.25) is 0 Å². The van der Waals surface area contributed by atoms with Crippen molar-refractivity contribution in [1.82, 2.24) is 10.3 Å². The van der Waals surface area contributed by atoms with E-state index < -0.39 is 0 Å². The molecule has 0 saturated carbocycles. The molecule has 5 heteroatoms. The topological polar surface area (TPSA) is 54.0 Å². The van der Waals surface area contributed by atoms with Gasteiger partial charge in [-0.1, -0.05) is 0 Å². The number of nitrogens with one attached hydrogen (secondary N) is 2. The second kappa shape index (κ2) is 4.06. The number of hydrogen-bond donors (Lipinski definition) is 2. The van der Waals surface area contributed by atoms with E-state index in [9.17, 15) is 4.79 Å². The Kier molecular flexibility index (Phi) is 3.04. The fourth-order valence-corrected chi connectivity index (χ4v) is 1.42. The molecule has 0 radical (unpaired) electrons. The van der Waals surface area contributed by atoms with Crippen molar-refractivity contribution in [2.75, 3.05) is 11.9 Å². The highest BCUT2D eigenvalue weighted by atomic mass is 32.1. The fourth-order valence-electron chi connectivity index (χ4n) is 0.730. The molecule has 0 aliphatic carbocycles. The SMILES string of the molecule is CCNC(=O)Nc1scnc1C. The molecule has 66 valence electrons. The molecule has 0 saturated heterocycles. The summed E-state index contributed by atoms with van der Waals surface area (Å²) in [6, 6.07) is -0.176. The van der Waals surface area contributed by atoms with Gasteiger partial charge in [-0.3, -0.25) is 5.32 Å². The zero-order valence-corrected chi connectivity index (χ0v) is 7.86. The monoisotopic (exact) mass is 185 g/mol. The molecule has 1 rings (SSSR count). The molecule has 0 aliphatic heterocycles.